The number of nitrogens with zero attached hydrogens (tertiary/aromatic N) is 5. The SMILES string of the molecule is CN1C[C@H](c2cc(N(C)C)nc(C3CCN(C(=O)C(C)(C)C)CC3)n2)CC1=O. The molecule has 1 atom stereocenters. The Kier molecular flexibility index (Phi) is 5.64. The van der Waals surface area contributed by atoms with Crippen LogP contribution in [0.3, 0.4) is 0 Å². The highest BCUT2D eigenvalue weighted by molar-refractivity contribution is 5.81. The van der Waals surface area contributed by atoms with Crippen molar-refractivity contribution in [3.63, 3.8) is 0 Å². The molecule has 0 bridgehead atoms. The van der Waals surface area contributed by atoms with Crippen LogP contribution in [0.2, 0.25) is 0 Å². The standard InChI is InChI=1S/C21H33N5O2/c1-21(2,3)20(28)26-9-7-14(8-10-26)19-22-16(12-17(23-19)24(4)5)15-11-18(27)25(6)13-15/h12,14-15H,7-11,13H2,1-6H3/t15-/m1/s1. The molecule has 0 spiro atoms. The third kappa shape index (κ3) is 4.28. The van der Waals surface area contributed by atoms with E-state index in [1.165, 1.54) is 0 Å². The fraction of sp³-hybridized carbons (Fsp3) is 0.714. The van der Waals surface area contributed by atoms with Gasteiger partial charge in [-0.25, -0.2) is 9.97 Å². The second-order valence-electron chi connectivity index (χ2n) is 9.40. The summed E-state index contributed by atoms with van der Waals surface area (Å²) >= 11 is 0. The molecule has 0 saturated carbocycles. The third-order valence-corrected chi connectivity index (χ3v) is 5.76. The molecule has 3 heterocycles. The van der Waals surface area contributed by atoms with E-state index in [1.54, 1.807) is 4.90 Å². The van der Waals surface area contributed by atoms with Crippen molar-refractivity contribution in [2.45, 2.75) is 51.9 Å². The molecule has 0 N–H and O–H groups in total. The molecule has 0 radical (unpaired) electrons. The fourth-order valence-electron chi connectivity index (χ4n) is 3.97. The fourth-order valence-corrected chi connectivity index (χ4v) is 3.97. The van der Waals surface area contributed by atoms with E-state index in [9.17, 15) is 9.59 Å². The minimum absolute atomic E-state index is 0.125. The maximum atomic E-state index is 12.5. The molecule has 2 amide bonds. The number of hydrogen-bond acceptors (Lipinski definition) is 5. The van der Waals surface area contributed by atoms with Crippen LogP contribution in [0.25, 0.3) is 0 Å². The minimum Gasteiger partial charge on any atom is -0.363 e. The Morgan fingerprint density at radius 1 is 1.14 bits per heavy atom. The van der Waals surface area contributed by atoms with E-state index in [-0.39, 0.29) is 29.1 Å². The minimum atomic E-state index is -0.345. The van der Waals surface area contributed by atoms with E-state index in [2.05, 4.69) is 0 Å². The molecule has 2 saturated heterocycles. The van der Waals surface area contributed by atoms with Gasteiger partial charge < -0.3 is 14.7 Å². The van der Waals surface area contributed by atoms with E-state index >= 15 is 0 Å². The van der Waals surface area contributed by atoms with Crippen molar-refractivity contribution in [3.05, 3.63) is 17.6 Å². The van der Waals surface area contributed by atoms with Crippen molar-refractivity contribution in [1.82, 2.24) is 19.8 Å². The number of anilines is 1. The largest absolute Gasteiger partial charge is 0.363 e. The summed E-state index contributed by atoms with van der Waals surface area (Å²) in [6.45, 7) is 8.11. The van der Waals surface area contributed by atoms with Gasteiger partial charge in [-0.1, -0.05) is 20.8 Å². The first-order valence-corrected chi connectivity index (χ1v) is 10.2. The molecular formula is C21H33N5O2. The maximum absolute atomic E-state index is 12.5. The molecule has 2 fully saturated rings. The van der Waals surface area contributed by atoms with Crippen LogP contribution < -0.4 is 4.90 Å². The van der Waals surface area contributed by atoms with Crippen LogP contribution in [-0.2, 0) is 9.59 Å². The smallest absolute Gasteiger partial charge is 0.227 e. The summed E-state index contributed by atoms with van der Waals surface area (Å²) in [7, 11) is 5.80. The van der Waals surface area contributed by atoms with E-state index in [1.807, 2.05) is 57.8 Å². The number of hydrogen-bond donors (Lipinski definition) is 0. The van der Waals surface area contributed by atoms with E-state index in [4.69, 9.17) is 9.97 Å². The molecule has 28 heavy (non-hydrogen) atoms. The summed E-state index contributed by atoms with van der Waals surface area (Å²) in [5.74, 6) is 2.49. The Labute approximate surface area is 168 Å². The van der Waals surface area contributed by atoms with Gasteiger partial charge in [0.05, 0.1) is 5.69 Å². The summed E-state index contributed by atoms with van der Waals surface area (Å²) in [5.41, 5.74) is 0.613. The second kappa shape index (κ2) is 7.68. The highest BCUT2D eigenvalue weighted by atomic mass is 16.2. The summed E-state index contributed by atoms with van der Waals surface area (Å²) in [5, 5.41) is 0. The van der Waals surface area contributed by atoms with Crippen molar-refractivity contribution < 1.29 is 9.59 Å². The van der Waals surface area contributed by atoms with Crippen molar-refractivity contribution in [2.75, 3.05) is 45.7 Å². The van der Waals surface area contributed by atoms with Gasteiger partial charge in [0.15, 0.2) is 0 Å². The second-order valence-corrected chi connectivity index (χ2v) is 9.40. The topological polar surface area (TPSA) is 69.6 Å². The quantitative estimate of drug-likeness (QED) is 0.796. The van der Waals surface area contributed by atoms with Gasteiger partial charge in [0.2, 0.25) is 11.8 Å². The monoisotopic (exact) mass is 387 g/mol. The highest BCUT2D eigenvalue weighted by Crippen LogP contribution is 2.32. The average Bonchev–Trinajstić information content (AvgIpc) is 2.99. The van der Waals surface area contributed by atoms with Crippen LogP contribution in [0.1, 0.15) is 63.4 Å². The number of carbonyl (C=O) groups is 2. The number of aromatic nitrogens is 2. The molecule has 0 aliphatic carbocycles. The van der Waals surface area contributed by atoms with Gasteiger partial charge in [-0.05, 0) is 12.8 Å². The van der Waals surface area contributed by atoms with Crippen LogP contribution in [0.4, 0.5) is 5.82 Å². The zero-order valence-corrected chi connectivity index (χ0v) is 18.0. The van der Waals surface area contributed by atoms with Crippen LogP contribution in [0, 0.1) is 5.41 Å². The van der Waals surface area contributed by atoms with Gasteiger partial charge in [-0.15, -0.1) is 0 Å². The molecule has 3 rings (SSSR count). The normalized spacial score (nSPS) is 21.4. The van der Waals surface area contributed by atoms with Crippen LogP contribution >= 0.6 is 0 Å². The molecule has 0 unspecified atom stereocenters. The lowest BCUT2D eigenvalue weighted by molar-refractivity contribution is -0.140. The van der Waals surface area contributed by atoms with Gasteiger partial charge in [-0.3, -0.25) is 9.59 Å². The molecule has 2 aliphatic rings. The summed E-state index contributed by atoms with van der Waals surface area (Å²) < 4.78 is 0. The van der Waals surface area contributed by atoms with Crippen molar-refractivity contribution >= 4 is 17.6 Å². The van der Waals surface area contributed by atoms with Gasteiger partial charge in [0, 0.05) is 70.5 Å². The maximum Gasteiger partial charge on any atom is 0.227 e. The van der Waals surface area contributed by atoms with Crippen LogP contribution in [-0.4, -0.2) is 72.4 Å². The van der Waals surface area contributed by atoms with E-state index in [0.717, 1.165) is 43.3 Å². The summed E-state index contributed by atoms with van der Waals surface area (Å²) in [6.07, 6.45) is 2.27. The van der Waals surface area contributed by atoms with Gasteiger partial charge >= 0.3 is 0 Å². The van der Waals surface area contributed by atoms with Crippen molar-refractivity contribution in [2.24, 2.45) is 5.41 Å². The molecule has 1 aromatic heterocycles. The molecule has 7 nitrogen and oxygen atoms in total. The molecule has 1 aromatic rings. The molecular weight excluding hydrogens is 354 g/mol. The van der Waals surface area contributed by atoms with Crippen molar-refractivity contribution in [1.29, 1.82) is 0 Å². The average molecular weight is 388 g/mol. The Morgan fingerprint density at radius 2 is 1.79 bits per heavy atom. The highest BCUT2D eigenvalue weighted by Gasteiger charge is 2.33. The molecule has 7 heteroatoms. The van der Waals surface area contributed by atoms with Crippen molar-refractivity contribution in [3.8, 4) is 0 Å². The number of rotatable bonds is 3. The van der Waals surface area contributed by atoms with E-state index in [0.29, 0.717) is 13.0 Å². The number of likely N-dealkylation sites (tertiary alicyclic amines) is 2. The third-order valence-electron chi connectivity index (χ3n) is 5.76. The Balaban J connectivity index is 1.79. The lowest BCUT2D eigenvalue weighted by Crippen LogP contribution is -2.44. The number of carbonyl (C=O) groups excluding carboxylic acids is 2. The van der Waals surface area contributed by atoms with Crippen LogP contribution in [0.5, 0.6) is 0 Å². The zero-order chi connectivity index (χ0) is 20.6. The predicted molar refractivity (Wildman–Crippen MR) is 109 cm³/mol. The van der Waals surface area contributed by atoms with Gasteiger partial charge in [-0.2, -0.15) is 0 Å². The predicted octanol–water partition coefficient (Wildman–Crippen LogP) is 2.24. The van der Waals surface area contributed by atoms with E-state index < -0.39 is 0 Å². The number of likely N-dealkylation sites (N-methyl/N-ethyl adjacent to an activating group) is 1. The van der Waals surface area contributed by atoms with Gasteiger partial charge in [0.25, 0.3) is 0 Å². The first-order chi connectivity index (χ1) is 13.1. The van der Waals surface area contributed by atoms with Gasteiger partial charge in [0.1, 0.15) is 11.6 Å². The molecule has 2 aliphatic heterocycles. The zero-order valence-electron chi connectivity index (χ0n) is 18.0. The first-order valence-electron chi connectivity index (χ1n) is 10.2. The Hall–Kier alpha value is -2.18. The Morgan fingerprint density at radius 3 is 2.29 bits per heavy atom. The Bertz CT molecular complexity index is 748. The summed E-state index contributed by atoms with van der Waals surface area (Å²) in [4.78, 5) is 40.0. The molecule has 0 aromatic carbocycles. The summed E-state index contributed by atoms with van der Waals surface area (Å²) in [6, 6.07) is 2.01. The molecule has 154 valence electrons. The first kappa shape index (κ1) is 20.6. The number of amides is 2. The lowest BCUT2D eigenvalue weighted by atomic mass is 9.90. The van der Waals surface area contributed by atoms with Crippen LogP contribution in [0.15, 0.2) is 6.07 Å². The lowest BCUT2D eigenvalue weighted by Gasteiger charge is -2.35. The number of piperidine rings is 1.